The monoisotopic (exact) mass is 546 g/mol. The zero-order valence-corrected chi connectivity index (χ0v) is 23.2. The first-order chi connectivity index (χ1) is 19.3. The van der Waals surface area contributed by atoms with Gasteiger partial charge in [-0.25, -0.2) is 29.1 Å². The van der Waals surface area contributed by atoms with Crippen molar-refractivity contribution in [2.45, 2.75) is 78.3 Å². The molecule has 2 saturated carbocycles. The van der Waals surface area contributed by atoms with Gasteiger partial charge in [-0.3, -0.25) is 9.51 Å². The number of allylic oxidation sites excluding steroid dienone is 1. The number of imidazole rings is 1. The molecule has 2 aliphatic carbocycles. The van der Waals surface area contributed by atoms with Gasteiger partial charge in [0.2, 0.25) is 11.6 Å². The fourth-order valence-corrected chi connectivity index (χ4v) is 5.87. The molecule has 0 saturated heterocycles. The number of pyridine rings is 1. The predicted octanol–water partition coefficient (Wildman–Crippen LogP) is 5.83. The van der Waals surface area contributed by atoms with Gasteiger partial charge in [0.05, 0.1) is 6.20 Å². The SMILES string of the molecule is C=C(C)c1cc(-c2nc3nc(-c4noc(=O)[nH]4)nc(N[C@H](C)C4CCC4)c3n2C[C@H]2CC[C@H](C)CC2)ncc1F. The van der Waals surface area contributed by atoms with E-state index in [0.717, 1.165) is 30.8 Å². The summed E-state index contributed by atoms with van der Waals surface area (Å²) in [5.74, 6) is 2.18. The Labute approximate surface area is 231 Å². The zero-order valence-electron chi connectivity index (χ0n) is 23.2. The Hall–Kier alpha value is -3.89. The quantitative estimate of drug-likeness (QED) is 0.283. The molecule has 4 aromatic heterocycles. The third-order valence-electron chi connectivity index (χ3n) is 8.60. The Kier molecular flexibility index (Phi) is 6.97. The van der Waals surface area contributed by atoms with Crippen LogP contribution in [0.3, 0.4) is 0 Å². The Balaban J connectivity index is 1.54. The molecule has 0 aliphatic heterocycles. The van der Waals surface area contributed by atoms with Gasteiger partial charge in [-0.15, -0.1) is 0 Å². The largest absolute Gasteiger partial charge is 0.439 e. The summed E-state index contributed by atoms with van der Waals surface area (Å²) in [7, 11) is 0. The van der Waals surface area contributed by atoms with Crippen molar-refractivity contribution in [2.24, 2.45) is 17.8 Å². The second kappa shape index (κ2) is 10.6. The van der Waals surface area contributed by atoms with Crippen molar-refractivity contribution in [1.82, 2.24) is 34.6 Å². The summed E-state index contributed by atoms with van der Waals surface area (Å²) in [5, 5.41) is 7.45. The van der Waals surface area contributed by atoms with Crippen molar-refractivity contribution < 1.29 is 8.91 Å². The molecule has 0 bridgehead atoms. The number of hydrogen-bond donors (Lipinski definition) is 2. The van der Waals surface area contributed by atoms with E-state index in [9.17, 15) is 9.18 Å². The highest BCUT2D eigenvalue weighted by Gasteiger charge is 2.29. The molecule has 0 amide bonds. The van der Waals surface area contributed by atoms with E-state index < -0.39 is 11.6 Å². The highest BCUT2D eigenvalue weighted by molar-refractivity contribution is 5.88. The molecule has 2 fully saturated rings. The first kappa shape index (κ1) is 26.3. The number of fused-ring (bicyclic) bond motifs is 1. The van der Waals surface area contributed by atoms with Crippen LogP contribution in [0.5, 0.6) is 0 Å². The highest BCUT2D eigenvalue weighted by Crippen LogP contribution is 2.36. The second-order valence-corrected chi connectivity index (χ2v) is 11.6. The standard InChI is InChI=1S/C29H35FN8O2/c1-15(2)20-12-22(31-13-21(20)30)28-35-25-23(38(28)14-18-10-8-16(3)9-11-18)24(32-17(4)19-6-5-7-19)33-26(34-25)27-36-29(39)40-37-27/h12-13,16-19H,1,5-11,14H2,2-4H3,(H,32,33,34)(H,36,37,39)/t16-,17-,18-/m1/s1. The molecule has 10 nitrogen and oxygen atoms in total. The lowest BCUT2D eigenvalue weighted by Gasteiger charge is -2.32. The summed E-state index contributed by atoms with van der Waals surface area (Å²) in [6, 6.07) is 1.88. The van der Waals surface area contributed by atoms with Crippen molar-refractivity contribution in [3.8, 4) is 23.2 Å². The van der Waals surface area contributed by atoms with E-state index in [2.05, 4.69) is 45.4 Å². The highest BCUT2D eigenvalue weighted by atomic mass is 19.1. The lowest BCUT2D eigenvalue weighted by molar-refractivity contribution is 0.267. The smallest absolute Gasteiger partial charge is 0.365 e. The molecule has 2 N–H and O–H groups in total. The van der Waals surface area contributed by atoms with Crippen molar-refractivity contribution in [2.75, 3.05) is 5.32 Å². The number of H-pyrrole nitrogens is 1. The summed E-state index contributed by atoms with van der Waals surface area (Å²) in [6.07, 6.45) is 9.39. The summed E-state index contributed by atoms with van der Waals surface area (Å²) >= 11 is 0. The van der Waals surface area contributed by atoms with Crippen LogP contribution in [0.2, 0.25) is 0 Å². The first-order valence-electron chi connectivity index (χ1n) is 14.2. The van der Waals surface area contributed by atoms with Crippen LogP contribution in [-0.4, -0.2) is 40.7 Å². The fourth-order valence-electron chi connectivity index (χ4n) is 5.87. The van der Waals surface area contributed by atoms with Gasteiger partial charge in [0.15, 0.2) is 17.3 Å². The van der Waals surface area contributed by atoms with Crippen LogP contribution in [0.1, 0.15) is 71.3 Å². The zero-order chi connectivity index (χ0) is 28.0. The number of hydrogen-bond acceptors (Lipinski definition) is 8. The van der Waals surface area contributed by atoms with E-state index in [0.29, 0.717) is 46.0 Å². The number of nitrogens with zero attached hydrogens (tertiary/aromatic N) is 6. The molecule has 40 heavy (non-hydrogen) atoms. The van der Waals surface area contributed by atoms with Crippen molar-refractivity contribution >= 4 is 22.6 Å². The van der Waals surface area contributed by atoms with Crippen LogP contribution >= 0.6 is 0 Å². The minimum Gasteiger partial charge on any atom is -0.365 e. The number of rotatable bonds is 8. The van der Waals surface area contributed by atoms with Crippen LogP contribution in [0.4, 0.5) is 10.2 Å². The minimum atomic E-state index is -0.684. The second-order valence-electron chi connectivity index (χ2n) is 11.6. The normalized spacial score (nSPS) is 20.4. The third-order valence-corrected chi connectivity index (χ3v) is 8.60. The Morgan fingerprint density at radius 2 is 2.00 bits per heavy atom. The molecule has 210 valence electrons. The Bertz CT molecular complexity index is 1610. The van der Waals surface area contributed by atoms with Gasteiger partial charge in [0, 0.05) is 18.2 Å². The minimum absolute atomic E-state index is 0.132. The van der Waals surface area contributed by atoms with Crippen LogP contribution in [-0.2, 0) is 6.54 Å². The van der Waals surface area contributed by atoms with Crippen molar-refractivity contribution in [1.29, 1.82) is 0 Å². The number of aromatic nitrogens is 7. The summed E-state index contributed by atoms with van der Waals surface area (Å²) in [6.45, 7) is 10.9. The van der Waals surface area contributed by atoms with Crippen LogP contribution < -0.4 is 11.1 Å². The molecule has 6 rings (SSSR count). The molecule has 11 heteroatoms. The van der Waals surface area contributed by atoms with Crippen molar-refractivity contribution in [3.63, 3.8) is 0 Å². The molecule has 2 aliphatic rings. The van der Waals surface area contributed by atoms with Gasteiger partial charge in [-0.2, -0.15) is 0 Å². The van der Waals surface area contributed by atoms with E-state index in [-0.39, 0.29) is 17.7 Å². The van der Waals surface area contributed by atoms with Gasteiger partial charge in [-0.05, 0) is 68.9 Å². The molecule has 4 heterocycles. The van der Waals surface area contributed by atoms with Gasteiger partial charge in [0.25, 0.3) is 0 Å². The number of halogens is 1. The average Bonchev–Trinajstić information content (AvgIpc) is 3.48. The van der Waals surface area contributed by atoms with Crippen molar-refractivity contribution in [3.05, 3.63) is 40.8 Å². The van der Waals surface area contributed by atoms with E-state index in [1.165, 1.54) is 38.3 Å². The first-order valence-corrected chi connectivity index (χ1v) is 14.2. The number of aromatic amines is 1. The third kappa shape index (κ3) is 5.04. The molecule has 0 spiro atoms. The molecule has 4 aromatic rings. The maximum atomic E-state index is 14.6. The lowest BCUT2D eigenvalue weighted by Crippen LogP contribution is -2.31. The topological polar surface area (TPSA) is 127 Å². The van der Waals surface area contributed by atoms with Crippen LogP contribution in [0.15, 0.2) is 28.2 Å². The Morgan fingerprint density at radius 3 is 2.65 bits per heavy atom. The van der Waals surface area contributed by atoms with E-state index in [4.69, 9.17) is 19.5 Å². The van der Waals surface area contributed by atoms with E-state index >= 15 is 0 Å². The lowest BCUT2D eigenvalue weighted by atomic mass is 9.80. The molecule has 0 unspecified atom stereocenters. The average molecular weight is 547 g/mol. The van der Waals surface area contributed by atoms with Gasteiger partial charge >= 0.3 is 5.76 Å². The molecule has 1 atom stereocenters. The summed E-state index contributed by atoms with van der Waals surface area (Å²) in [4.78, 5) is 33.2. The summed E-state index contributed by atoms with van der Waals surface area (Å²) < 4.78 is 21.5. The van der Waals surface area contributed by atoms with E-state index in [1.54, 1.807) is 13.0 Å². The molecule has 0 radical (unpaired) electrons. The van der Waals surface area contributed by atoms with Crippen LogP contribution in [0, 0.1) is 23.6 Å². The molecule has 0 aromatic carbocycles. The Morgan fingerprint density at radius 1 is 1.23 bits per heavy atom. The number of nitrogens with one attached hydrogen (secondary N) is 2. The van der Waals surface area contributed by atoms with Gasteiger partial charge in [0.1, 0.15) is 17.0 Å². The van der Waals surface area contributed by atoms with Gasteiger partial charge < -0.3 is 9.88 Å². The maximum Gasteiger partial charge on any atom is 0.439 e. The predicted molar refractivity (Wildman–Crippen MR) is 151 cm³/mol. The molecular weight excluding hydrogens is 511 g/mol. The van der Waals surface area contributed by atoms with E-state index in [1.807, 2.05) is 0 Å². The van der Waals surface area contributed by atoms with Crippen LogP contribution in [0.25, 0.3) is 39.9 Å². The summed E-state index contributed by atoms with van der Waals surface area (Å²) in [5.41, 5.74) is 2.76. The molecular formula is C29H35FN8O2. The maximum absolute atomic E-state index is 14.6. The number of anilines is 1. The fraction of sp³-hybridized carbons (Fsp3) is 0.517. The van der Waals surface area contributed by atoms with Gasteiger partial charge in [-0.1, -0.05) is 37.9 Å².